The zero-order chi connectivity index (χ0) is 23.9. The quantitative estimate of drug-likeness (QED) is 0.593. The van der Waals surface area contributed by atoms with Gasteiger partial charge in [0, 0.05) is 18.3 Å². The predicted octanol–water partition coefficient (Wildman–Crippen LogP) is 2.22. The first-order chi connectivity index (χ1) is 16.4. The SMILES string of the molecule is Bc1cc(F)ccc1[C@]1(CN)ON=C2/C(=C/c3ccc(-n4cnc(C)c4)c(OC)c3)CCCN21. The smallest absolute Gasteiger partial charge is 0.249 e. The van der Waals surface area contributed by atoms with Crippen LogP contribution in [-0.2, 0) is 10.6 Å². The lowest BCUT2D eigenvalue weighted by Gasteiger charge is -2.40. The van der Waals surface area contributed by atoms with E-state index in [4.69, 9.17) is 15.3 Å². The number of halogens is 1. The molecule has 5 rings (SSSR count). The molecule has 0 bridgehead atoms. The first-order valence-electron chi connectivity index (χ1n) is 11.4. The van der Waals surface area contributed by atoms with Crippen LogP contribution in [0.4, 0.5) is 4.39 Å². The number of hydrogen-bond donors (Lipinski definition) is 1. The molecule has 0 unspecified atom stereocenters. The summed E-state index contributed by atoms with van der Waals surface area (Å²) < 4.78 is 21.4. The van der Waals surface area contributed by atoms with E-state index in [2.05, 4.69) is 27.2 Å². The first-order valence-corrected chi connectivity index (χ1v) is 11.4. The van der Waals surface area contributed by atoms with Crippen LogP contribution in [0.15, 0.2) is 59.7 Å². The van der Waals surface area contributed by atoms with Crippen molar-refractivity contribution < 1.29 is 14.0 Å². The molecule has 34 heavy (non-hydrogen) atoms. The zero-order valence-corrected chi connectivity index (χ0v) is 19.6. The number of imidazole rings is 1. The molecular formula is C25H27BFN5O2. The number of nitrogens with two attached hydrogens (primary N) is 1. The van der Waals surface area contributed by atoms with Crippen LogP contribution in [-0.4, -0.2) is 48.3 Å². The molecule has 0 amide bonds. The Morgan fingerprint density at radius 2 is 2.15 bits per heavy atom. The lowest BCUT2D eigenvalue weighted by Crippen LogP contribution is -2.54. The van der Waals surface area contributed by atoms with Crippen LogP contribution >= 0.6 is 0 Å². The number of fused-ring (bicyclic) bond motifs is 1. The van der Waals surface area contributed by atoms with Crippen molar-refractivity contribution in [2.45, 2.75) is 25.5 Å². The van der Waals surface area contributed by atoms with Crippen molar-refractivity contribution in [1.29, 1.82) is 0 Å². The summed E-state index contributed by atoms with van der Waals surface area (Å²) in [5.41, 5.74) is 10.9. The van der Waals surface area contributed by atoms with E-state index in [9.17, 15) is 4.39 Å². The van der Waals surface area contributed by atoms with E-state index in [0.29, 0.717) is 0 Å². The van der Waals surface area contributed by atoms with Gasteiger partial charge in [-0.2, -0.15) is 0 Å². The standard InChI is InChI=1S/C25H27BFN5O2/c1-16-13-31(15-29-16)22-8-5-17(11-23(22)33-2)10-18-4-3-9-32-24(18)30-34-25(32,14-28)20-7-6-19(27)12-21(20)26/h5-8,10-13,15H,3-4,9,14,26,28H2,1-2H3/b18-10+/t25-/m0/s1. The highest BCUT2D eigenvalue weighted by Gasteiger charge is 2.49. The van der Waals surface area contributed by atoms with Gasteiger partial charge in [0.25, 0.3) is 0 Å². The van der Waals surface area contributed by atoms with Gasteiger partial charge in [-0.3, -0.25) is 0 Å². The third-order valence-electron chi connectivity index (χ3n) is 6.51. The molecule has 2 aliphatic heterocycles. The second-order valence-electron chi connectivity index (χ2n) is 8.73. The van der Waals surface area contributed by atoms with Crippen LogP contribution in [0.1, 0.15) is 29.7 Å². The van der Waals surface area contributed by atoms with Crippen molar-refractivity contribution in [2.24, 2.45) is 10.9 Å². The van der Waals surface area contributed by atoms with Crippen molar-refractivity contribution >= 4 is 25.2 Å². The maximum atomic E-state index is 13.8. The molecule has 0 saturated carbocycles. The average molecular weight is 459 g/mol. The molecule has 3 heterocycles. The number of piperidine rings is 1. The number of nitrogens with zero attached hydrogens (tertiary/aromatic N) is 4. The number of amidine groups is 1. The summed E-state index contributed by atoms with van der Waals surface area (Å²) in [5.74, 6) is 1.24. The minimum absolute atomic E-state index is 0.201. The zero-order valence-electron chi connectivity index (χ0n) is 19.6. The molecule has 0 spiro atoms. The second kappa shape index (κ2) is 8.64. The molecule has 1 atom stereocenters. The summed E-state index contributed by atoms with van der Waals surface area (Å²) in [4.78, 5) is 12.4. The Hall–Kier alpha value is -3.59. The van der Waals surface area contributed by atoms with Crippen LogP contribution in [0.5, 0.6) is 5.75 Å². The fourth-order valence-corrected chi connectivity index (χ4v) is 4.85. The van der Waals surface area contributed by atoms with Crippen LogP contribution in [0.25, 0.3) is 11.8 Å². The summed E-state index contributed by atoms with van der Waals surface area (Å²) in [6.07, 6.45) is 7.65. The van der Waals surface area contributed by atoms with Gasteiger partial charge in [0.15, 0.2) is 5.84 Å². The van der Waals surface area contributed by atoms with E-state index < -0.39 is 5.72 Å². The number of ether oxygens (including phenoxy) is 1. The van der Waals surface area contributed by atoms with Crippen LogP contribution < -0.4 is 15.9 Å². The molecule has 174 valence electrons. The molecule has 7 nitrogen and oxygen atoms in total. The van der Waals surface area contributed by atoms with Crippen molar-refractivity contribution in [3.05, 3.63) is 77.1 Å². The number of aryl methyl sites for hydroxylation is 1. The second-order valence-corrected chi connectivity index (χ2v) is 8.73. The van der Waals surface area contributed by atoms with Crippen LogP contribution in [0.2, 0.25) is 0 Å². The number of rotatable bonds is 5. The molecule has 1 saturated heterocycles. The Morgan fingerprint density at radius 3 is 2.85 bits per heavy atom. The Labute approximate surface area is 199 Å². The molecule has 0 radical (unpaired) electrons. The van der Waals surface area contributed by atoms with Gasteiger partial charge in [0.2, 0.25) is 5.72 Å². The monoisotopic (exact) mass is 459 g/mol. The average Bonchev–Trinajstić information content (AvgIpc) is 3.44. The number of methoxy groups -OCH3 is 1. The maximum Gasteiger partial charge on any atom is 0.249 e. The predicted molar refractivity (Wildman–Crippen MR) is 133 cm³/mol. The third kappa shape index (κ3) is 3.66. The van der Waals surface area contributed by atoms with E-state index in [1.807, 2.05) is 37.7 Å². The topological polar surface area (TPSA) is 77.9 Å². The van der Waals surface area contributed by atoms with Gasteiger partial charge in [-0.1, -0.05) is 22.8 Å². The van der Waals surface area contributed by atoms with Crippen molar-refractivity contribution in [1.82, 2.24) is 14.5 Å². The van der Waals surface area contributed by atoms with E-state index in [1.165, 1.54) is 12.1 Å². The fraction of sp³-hybridized carbons (Fsp3) is 0.280. The highest BCUT2D eigenvalue weighted by atomic mass is 19.1. The normalized spacial score (nSPS) is 20.8. The molecule has 1 fully saturated rings. The lowest BCUT2D eigenvalue weighted by molar-refractivity contribution is -0.0980. The molecular weight excluding hydrogens is 432 g/mol. The van der Waals surface area contributed by atoms with Crippen LogP contribution in [0, 0.1) is 12.7 Å². The Morgan fingerprint density at radius 1 is 1.29 bits per heavy atom. The van der Waals surface area contributed by atoms with Crippen molar-refractivity contribution in [3.8, 4) is 11.4 Å². The molecule has 9 heteroatoms. The van der Waals surface area contributed by atoms with E-state index >= 15 is 0 Å². The fourth-order valence-electron chi connectivity index (χ4n) is 4.85. The lowest BCUT2D eigenvalue weighted by atomic mass is 9.83. The minimum Gasteiger partial charge on any atom is -0.495 e. The van der Waals surface area contributed by atoms with Gasteiger partial charge in [0.1, 0.15) is 19.4 Å². The summed E-state index contributed by atoms with van der Waals surface area (Å²) in [5, 5.41) is 4.47. The minimum atomic E-state index is -0.937. The van der Waals surface area contributed by atoms with Gasteiger partial charge < -0.3 is 24.8 Å². The molecule has 1 aromatic heterocycles. The number of aromatic nitrogens is 2. The first kappa shape index (κ1) is 22.2. The highest BCUT2D eigenvalue weighted by Crippen LogP contribution is 2.39. The van der Waals surface area contributed by atoms with E-state index in [1.54, 1.807) is 19.5 Å². The summed E-state index contributed by atoms with van der Waals surface area (Å²) in [7, 11) is 3.53. The van der Waals surface area contributed by atoms with Gasteiger partial charge in [-0.25, -0.2) is 9.37 Å². The van der Waals surface area contributed by atoms with E-state index in [-0.39, 0.29) is 12.4 Å². The van der Waals surface area contributed by atoms with Gasteiger partial charge in [-0.15, -0.1) is 0 Å². The van der Waals surface area contributed by atoms with Crippen molar-refractivity contribution in [2.75, 3.05) is 20.2 Å². The number of oxime groups is 1. The molecule has 0 aliphatic carbocycles. The largest absolute Gasteiger partial charge is 0.495 e. The van der Waals surface area contributed by atoms with Gasteiger partial charge in [0.05, 0.1) is 31.4 Å². The van der Waals surface area contributed by atoms with Gasteiger partial charge >= 0.3 is 0 Å². The third-order valence-corrected chi connectivity index (χ3v) is 6.51. The summed E-state index contributed by atoms with van der Waals surface area (Å²) in [6, 6.07) is 10.8. The Balaban J connectivity index is 1.49. The van der Waals surface area contributed by atoms with Gasteiger partial charge in [-0.05, 0) is 61.2 Å². The van der Waals surface area contributed by atoms with E-state index in [0.717, 1.165) is 64.5 Å². The Kier molecular flexibility index (Phi) is 5.65. The molecule has 3 aromatic rings. The van der Waals surface area contributed by atoms with Crippen molar-refractivity contribution in [3.63, 3.8) is 0 Å². The molecule has 2 aliphatic rings. The summed E-state index contributed by atoms with van der Waals surface area (Å²) >= 11 is 0. The highest BCUT2D eigenvalue weighted by molar-refractivity contribution is 6.33. The molecule has 2 aromatic carbocycles. The number of hydrogen-bond acceptors (Lipinski definition) is 6. The Bertz CT molecular complexity index is 1300. The summed E-state index contributed by atoms with van der Waals surface area (Å²) in [6.45, 7) is 2.91. The van der Waals surface area contributed by atoms with Crippen LogP contribution in [0.3, 0.4) is 0 Å². The molecule has 2 N–H and O–H groups in total. The maximum absolute atomic E-state index is 13.8. The number of benzene rings is 2.